The fraction of sp³-hybridized carbons (Fsp3) is 0.448. The lowest BCUT2D eigenvalue weighted by atomic mass is 9.81. The summed E-state index contributed by atoms with van der Waals surface area (Å²) in [7, 11) is 1.59. The molecule has 6 heteroatoms. The first-order chi connectivity index (χ1) is 16.9. The van der Waals surface area contributed by atoms with Crippen molar-refractivity contribution in [2.45, 2.75) is 45.2 Å². The molecule has 2 heterocycles. The van der Waals surface area contributed by atoms with Gasteiger partial charge in [0.15, 0.2) is 0 Å². The van der Waals surface area contributed by atoms with Gasteiger partial charge in [0.1, 0.15) is 11.9 Å². The van der Waals surface area contributed by atoms with Crippen molar-refractivity contribution < 1.29 is 19.0 Å². The van der Waals surface area contributed by atoms with Crippen LogP contribution in [-0.2, 0) is 11.2 Å². The molecule has 4 rings (SSSR count). The molecule has 3 aromatic rings. The van der Waals surface area contributed by atoms with E-state index in [2.05, 4.69) is 41.1 Å². The molecule has 0 radical (unpaired) electrons. The molecule has 5 nitrogen and oxygen atoms in total. The van der Waals surface area contributed by atoms with E-state index in [1.54, 1.807) is 19.4 Å². The lowest BCUT2D eigenvalue weighted by Crippen LogP contribution is -2.44. The minimum atomic E-state index is -1.17. The molecule has 1 N–H and O–H groups in total. The molecule has 1 unspecified atom stereocenters. The number of pyridine rings is 1. The van der Waals surface area contributed by atoms with E-state index in [9.17, 15) is 9.90 Å². The number of aliphatic carboxylic acids is 1. The predicted octanol–water partition coefficient (Wildman–Crippen LogP) is 6.00. The van der Waals surface area contributed by atoms with Crippen LogP contribution in [-0.4, -0.2) is 47.7 Å². The number of carboxylic acid groups (broad SMARTS) is 1. The number of rotatable bonds is 10. The Balaban J connectivity index is 1.33. The number of fused-ring (bicyclic) bond motifs is 1. The molecular formula is C29H35FN2O3. The van der Waals surface area contributed by atoms with E-state index >= 15 is 4.39 Å². The summed E-state index contributed by atoms with van der Waals surface area (Å²) in [6.07, 6.45) is 4.11. The maximum Gasteiger partial charge on any atom is 0.308 e. The molecule has 0 aliphatic carbocycles. The van der Waals surface area contributed by atoms with Gasteiger partial charge in [0.05, 0.1) is 18.5 Å². The van der Waals surface area contributed by atoms with Gasteiger partial charge >= 0.3 is 5.97 Å². The summed E-state index contributed by atoms with van der Waals surface area (Å²) in [6, 6.07) is 15.7. The molecule has 0 spiro atoms. The van der Waals surface area contributed by atoms with E-state index in [1.165, 1.54) is 11.1 Å². The van der Waals surface area contributed by atoms with Crippen LogP contribution in [0.3, 0.4) is 0 Å². The number of halogens is 1. The molecule has 1 aromatic heterocycles. The molecule has 0 saturated carbocycles. The van der Waals surface area contributed by atoms with Crippen LogP contribution in [0.1, 0.15) is 48.5 Å². The molecule has 1 saturated heterocycles. The lowest BCUT2D eigenvalue weighted by Gasteiger charge is -2.37. The summed E-state index contributed by atoms with van der Waals surface area (Å²) in [5.74, 6) is -0.571. The van der Waals surface area contributed by atoms with Crippen molar-refractivity contribution in [1.82, 2.24) is 9.88 Å². The van der Waals surface area contributed by atoms with Crippen molar-refractivity contribution in [2.75, 3.05) is 26.7 Å². The summed E-state index contributed by atoms with van der Waals surface area (Å²) in [6.45, 7) is 4.40. The zero-order chi connectivity index (χ0) is 24.8. The Labute approximate surface area is 206 Å². The average Bonchev–Trinajstić information content (AvgIpc) is 2.87. The number of nitrogens with zero attached hydrogens (tertiary/aromatic N) is 2. The number of ether oxygens (including phenoxy) is 1. The zero-order valence-corrected chi connectivity index (χ0v) is 20.6. The largest absolute Gasteiger partial charge is 0.497 e. The standard InChI is InChI=1S/C29H35FN2O3/c1-20-5-3-6-21(17-20)7-4-15-32-16-13-22(26(19-32)29(33)34)8-10-27(30)24-12-14-31-28-11-9-23(35-2)18-25(24)28/h3,5-6,9,11-12,14,17-18,22,26-27H,4,7-8,10,13,15-16,19H2,1-2H3,(H,33,34)/t22-,26+,27?/m1/s1. The molecule has 0 amide bonds. The van der Waals surface area contributed by atoms with Gasteiger partial charge in [-0.05, 0) is 93.4 Å². The Morgan fingerprint density at radius 3 is 2.89 bits per heavy atom. The third-order valence-corrected chi connectivity index (χ3v) is 7.29. The Hall–Kier alpha value is -2.99. The van der Waals surface area contributed by atoms with Gasteiger partial charge in [-0.25, -0.2) is 4.39 Å². The highest BCUT2D eigenvalue weighted by molar-refractivity contribution is 5.83. The lowest BCUT2D eigenvalue weighted by molar-refractivity contribution is -0.146. The summed E-state index contributed by atoms with van der Waals surface area (Å²) in [5.41, 5.74) is 3.91. The van der Waals surface area contributed by atoms with Crippen LogP contribution in [0, 0.1) is 18.8 Å². The summed E-state index contributed by atoms with van der Waals surface area (Å²) >= 11 is 0. The monoisotopic (exact) mass is 478 g/mol. The molecule has 1 aliphatic rings. The van der Waals surface area contributed by atoms with Gasteiger partial charge in [0.2, 0.25) is 0 Å². The van der Waals surface area contributed by atoms with Gasteiger partial charge in [-0.15, -0.1) is 0 Å². The number of aryl methyl sites for hydroxylation is 2. The Bertz CT molecular complexity index is 1150. The highest BCUT2D eigenvalue weighted by Gasteiger charge is 2.34. The zero-order valence-electron chi connectivity index (χ0n) is 20.6. The smallest absolute Gasteiger partial charge is 0.308 e. The van der Waals surface area contributed by atoms with Gasteiger partial charge in [0.25, 0.3) is 0 Å². The third-order valence-electron chi connectivity index (χ3n) is 7.29. The second kappa shape index (κ2) is 11.6. The first kappa shape index (κ1) is 25.1. The van der Waals surface area contributed by atoms with Gasteiger partial charge in [0, 0.05) is 18.1 Å². The quantitative estimate of drug-likeness (QED) is 0.387. The number of hydrogen-bond donors (Lipinski definition) is 1. The Morgan fingerprint density at radius 1 is 1.26 bits per heavy atom. The molecule has 1 aliphatic heterocycles. The number of likely N-dealkylation sites (tertiary alicyclic amines) is 1. The second-order valence-electron chi connectivity index (χ2n) is 9.71. The van der Waals surface area contributed by atoms with Crippen LogP contribution in [0.5, 0.6) is 5.75 Å². The van der Waals surface area contributed by atoms with E-state index in [1.807, 2.05) is 18.2 Å². The van der Waals surface area contributed by atoms with E-state index < -0.39 is 18.1 Å². The fourth-order valence-electron chi connectivity index (χ4n) is 5.33. The van der Waals surface area contributed by atoms with Gasteiger partial charge in [-0.2, -0.15) is 0 Å². The summed E-state index contributed by atoms with van der Waals surface area (Å²) < 4.78 is 20.7. The minimum absolute atomic E-state index is 0.0126. The first-order valence-electron chi connectivity index (χ1n) is 12.5. The summed E-state index contributed by atoms with van der Waals surface area (Å²) in [4.78, 5) is 18.7. The number of benzene rings is 2. The topological polar surface area (TPSA) is 62.7 Å². The molecule has 3 atom stereocenters. The average molecular weight is 479 g/mol. The number of carbonyl (C=O) groups is 1. The number of aromatic nitrogens is 1. The second-order valence-corrected chi connectivity index (χ2v) is 9.71. The van der Waals surface area contributed by atoms with E-state index in [0.29, 0.717) is 30.7 Å². The van der Waals surface area contributed by atoms with Crippen LogP contribution in [0.15, 0.2) is 54.7 Å². The van der Waals surface area contributed by atoms with E-state index in [4.69, 9.17) is 4.74 Å². The normalized spacial score (nSPS) is 19.5. The highest BCUT2D eigenvalue weighted by atomic mass is 19.1. The van der Waals surface area contributed by atoms with Gasteiger partial charge in [-0.3, -0.25) is 9.78 Å². The number of methoxy groups -OCH3 is 1. The molecule has 1 fully saturated rings. The molecule has 186 valence electrons. The Kier molecular flexibility index (Phi) is 8.34. The van der Waals surface area contributed by atoms with Crippen molar-refractivity contribution >= 4 is 16.9 Å². The number of alkyl halides is 1. The molecule has 0 bridgehead atoms. The third kappa shape index (κ3) is 6.37. The van der Waals surface area contributed by atoms with Crippen molar-refractivity contribution in [3.8, 4) is 5.75 Å². The number of carboxylic acids is 1. The number of piperidine rings is 1. The van der Waals surface area contributed by atoms with Gasteiger partial charge in [-0.1, -0.05) is 29.8 Å². The van der Waals surface area contributed by atoms with Crippen LogP contribution in [0.4, 0.5) is 4.39 Å². The maximum absolute atomic E-state index is 15.4. The SMILES string of the molecule is COc1ccc2nccc(C(F)CC[C@@H]3CCN(CCCc4cccc(C)c4)C[C@@H]3C(=O)O)c2c1. The van der Waals surface area contributed by atoms with Crippen molar-refractivity contribution in [1.29, 1.82) is 0 Å². The van der Waals surface area contributed by atoms with E-state index in [0.717, 1.165) is 43.3 Å². The first-order valence-corrected chi connectivity index (χ1v) is 12.5. The summed E-state index contributed by atoms with van der Waals surface area (Å²) in [5, 5.41) is 10.6. The van der Waals surface area contributed by atoms with Crippen molar-refractivity contribution in [2.24, 2.45) is 11.8 Å². The minimum Gasteiger partial charge on any atom is -0.497 e. The van der Waals surface area contributed by atoms with E-state index in [-0.39, 0.29) is 5.92 Å². The van der Waals surface area contributed by atoms with Crippen LogP contribution in [0.2, 0.25) is 0 Å². The Morgan fingerprint density at radius 2 is 2.11 bits per heavy atom. The van der Waals surface area contributed by atoms with Crippen LogP contribution in [0.25, 0.3) is 10.9 Å². The number of hydrogen-bond acceptors (Lipinski definition) is 4. The van der Waals surface area contributed by atoms with Crippen molar-refractivity contribution in [3.05, 3.63) is 71.4 Å². The van der Waals surface area contributed by atoms with Crippen LogP contribution >= 0.6 is 0 Å². The molecular weight excluding hydrogens is 443 g/mol. The predicted molar refractivity (Wildman–Crippen MR) is 137 cm³/mol. The fourth-order valence-corrected chi connectivity index (χ4v) is 5.33. The van der Waals surface area contributed by atoms with Crippen molar-refractivity contribution in [3.63, 3.8) is 0 Å². The highest BCUT2D eigenvalue weighted by Crippen LogP contribution is 2.35. The van der Waals surface area contributed by atoms with Crippen LogP contribution < -0.4 is 4.74 Å². The molecule has 2 aromatic carbocycles. The van der Waals surface area contributed by atoms with Gasteiger partial charge < -0.3 is 14.7 Å². The maximum atomic E-state index is 15.4. The molecule has 35 heavy (non-hydrogen) atoms.